The third-order valence-electron chi connectivity index (χ3n) is 8.17. The minimum atomic E-state index is -4.69. The molecule has 0 saturated carbocycles. The number of hydrogen-bond donors (Lipinski definition) is 4. The molecule has 1 saturated heterocycles. The van der Waals surface area contributed by atoms with Crippen LogP contribution in [0.3, 0.4) is 0 Å². The van der Waals surface area contributed by atoms with Gasteiger partial charge in [0.1, 0.15) is 34.8 Å². The standard InChI is InChI=1S/C35H45N6O11P/c1-20(2)48-27(42)16-14-22-10-6-8-12-24(22)51-53(46,52-25-13-9-7-11-23(25)15-17-28(43)49-21(3)4)47-18-26-30(44)35(5,45)33(50-26)41-19-38-29-31(36)39-34(37)40-32(29)41/h6-13,19-21,26,30,33,44-45H,14-18H2,1-5H3,(H4,36,37,39,40)/t26-,30+,33-,35+/m1/s1. The van der Waals surface area contributed by atoms with Gasteiger partial charge in [0.2, 0.25) is 5.95 Å². The van der Waals surface area contributed by atoms with E-state index in [-0.39, 0.29) is 72.3 Å². The van der Waals surface area contributed by atoms with Gasteiger partial charge < -0.3 is 44.9 Å². The molecule has 4 aromatic rings. The number of nitrogen functional groups attached to an aromatic ring is 2. The van der Waals surface area contributed by atoms with Crippen molar-refractivity contribution >= 4 is 42.7 Å². The molecule has 4 atom stereocenters. The Balaban J connectivity index is 1.42. The number of benzene rings is 2. The highest BCUT2D eigenvalue weighted by Crippen LogP contribution is 2.52. The Hall–Kier alpha value is -4.80. The number of hydrogen-bond acceptors (Lipinski definition) is 16. The van der Waals surface area contributed by atoms with Gasteiger partial charge in [-0.15, -0.1) is 0 Å². The zero-order chi connectivity index (χ0) is 38.5. The fourth-order valence-corrected chi connectivity index (χ4v) is 7.01. The lowest BCUT2D eigenvalue weighted by atomic mass is 9.96. The van der Waals surface area contributed by atoms with E-state index in [0.717, 1.165) is 0 Å². The molecule has 0 spiro atoms. The second-order valence-electron chi connectivity index (χ2n) is 13.2. The lowest BCUT2D eigenvalue weighted by Gasteiger charge is -2.27. The summed E-state index contributed by atoms with van der Waals surface area (Å²) >= 11 is 0. The van der Waals surface area contributed by atoms with E-state index in [2.05, 4.69) is 15.0 Å². The molecule has 0 unspecified atom stereocenters. The number of esters is 2. The molecule has 5 rings (SSSR count). The van der Waals surface area contributed by atoms with Crippen molar-refractivity contribution in [3.05, 3.63) is 66.0 Å². The molecule has 6 N–H and O–H groups in total. The Morgan fingerprint density at radius 1 is 0.925 bits per heavy atom. The van der Waals surface area contributed by atoms with Crippen molar-refractivity contribution in [1.29, 1.82) is 0 Å². The highest BCUT2D eigenvalue weighted by molar-refractivity contribution is 7.49. The number of carbonyl (C=O) groups is 2. The Bertz CT molecular complexity index is 1890. The first kappa shape index (κ1) is 39.4. The number of phosphoric ester groups is 1. The Kier molecular flexibility index (Phi) is 12.2. The van der Waals surface area contributed by atoms with E-state index in [4.69, 9.17) is 39.2 Å². The number of anilines is 2. The van der Waals surface area contributed by atoms with Crippen LogP contribution in [0.15, 0.2) is 54.9 Å². The van der Waals surface area contributed by atoms with Crippen molar-refractivity contribution in [1.82, 2.24) is 19.5 Å². The number of ether oxygens (including phenoxy) is 3. The number of aliphatic hydroxyl groups is 2. The third kappa shape index (κ3) is 9.60. The summed E-state index contributed by atoms with van der Waals surface area (Å²) in [6.45, 7) is 7.73. The van der Waals surface area contributed by atoms with Gasteiger partial charge in [-0.25, -0.2) is 9.55 Å². The van der Waals surface area contributed by atoms with E-state index < -0.39 is 50.4 Å². The average molecular weight is 757 g/mol. The molecule has 0 radical (unpaired) electrons. The summed E-state index contributed by atoms with van der Waals surface area (Å²) < 4.78 is 50.6. The van der Waals surface area contributed by atoms with Crippen LogP contribution in [-0.4, -0.2) is 78.3 Å². The summed E-state index contributed by atoms with van der Waals surface area (Å²) in [6, 6.07) is 13.2. The number of aryl methyl sites for hydroxylation is 2. The zero-order valence-electron chi connectivity index (χ0n) is 30.1. The number of aliphatic hydroxyl groups excluding tert-OH is 1. The molecule has 2 aromatic heterocycles. The highest BCUT2D eigenvalue weighted by Gasteiger charge is 2.54. The van der Waals surface area contributed by atoms with E-state index in [1.165, 1.54) is 17.8 Å². The van der Waals surface area contributed by atoms with E-state index in [9.17, 15) is 24.4 Å². The van der Waals surface area contributed by atoms with Crippen LogP contribution in [0.25, 0.3) is 11.2 Å². The number of phosphoric acid groups is 1. The molecule has 0 amide bonds. The molecule has 17 nitrogen and oxygen atoms in total. The SMILES string of the molecule is CC(C)OC(=O)CCc1ccccc1OP(=O)(OC[C@H]1O[C@@H](n2cnc3c(N)nc(N)nc32)[C@@](C)(O)[C@H]1O)Oc1ccccc1CCC(=O)OC(C)C. The number of fused-ring (bicyclic) bond motifs is 1. The minimum absolute atomic E-state index is 0.00810. The van der Waals surface area contributed by atoms with Crippen LogP contribution in [0.2, 0.25) is 0 Å². The summed E-state index contributed by atoms with van der Waals surface area (Å²) in [7, 11) is -4.69. The van der Waals surface area contributed by atoms with Crippen LogP contribution in [0.5, 0.6) is 11.5 Å². The number of rotatable bonds is 16. The van der Waals surface area contributed by atoms with Gasteiger partial charge >= 0.3 is 19.8 Å². The molecule has 1 aliphatic heterocycles. The van der Waals surface area contributed by atoms with Gasteiger partial charge in [-0.2, -0.15) is 9.97 Å². The largest absolute Gasteiger partial charge is 0.587 e. The Morgan fingerprint density at radius 2 is 1.45 bits per heavy atom. The maximum Gasteiger partial charge on any atom is 0.587 e. The monoisotopic (exact) mass is 756 g/mol. The second kappa shape index (κ2) is 16.5. The Morgan fingerprint density at radius 3 is 1.98 bits per heavy atom. The van der Waals surface area contributed by atoms with E-state index in [0.29, 0.717) is 11.1 Å². The van der Waals surface area contributed by atoms with Crippen molar-refractivity contribution in [3.8, 4) is 11.5 Å². The van der Waals surface area contributed by atoms with Crippen molar-refractivity contribution in [2.45, 2.75) is 96.5 Å². The number of aromatic nitrogens is 4. The molecule has 1 fully saturated rings. The maximum absolute atomic E-state index is 14.7. The van der Waals surface area contributed by atoms with Crippen LogP contribution in [0.4, 0.5) is 11.8 Å². The molecule has 0 bridgehead atoms. The number of carbonyl (C=O) groups excluding carboxylic acids is 2. The molecule has 18 heteroatoms. The minimum Gasteiger partial charge on any atom is -0.463 e. The molecule has 1 aliphatic rings. The first-order valence-corrected chi connectivity index (χ1v) is 18.5. The van der Waals surface area contributed by atoms with Crippen molar-refractivity contribution in [3.63, 3.8) is 0 Å². The number of para-hydroxylation sites is 2. The quantitative estimate of drug-likeness (QED) is 0.0931. The van der Waals surface area contributed by atoms with Crippen LogP contribution in [0, 0.1) is 0 Å². The van der Waals surface area contributed by atoms with Gasteiger partial charge in [0, 0.05) is 12.8 Å². The normalized spacial score (nSPS) is 20.2. The summed E-state index contributed by atoms with van der Waals surface area (Å²) in [5, 5.41) is 22.7. The van der Waals surface area contributed by atoms with Crippen LogP contribution < -0.4 is 20.5 Å². The summed E-state index contributed by atoms with van der Waals surface area (Å²) in [5.74, 6) is -0.779. The molecular formula is C35H45N6O11P. The maximum atomic E-state index is 14.7. The van der Waals surface area contributed by atoms with Gasteiger partial charge in [-0.05, 0) is 70.7 Å². The van der Waals surface area contributed by atoms with Gasteiger partial charge in [0.05, 0.1) is 25.1 Å². The Labute approximate surface area is 306 Å². The first-order valence-electron chi connectivity index (χ1n) is 17.1. The first-order chi connectivity index (χ1) is 25.1. The zero-order valence-corrected chi connectivity index (χ0v) is 31.0. The topological polar surface area (TPSA) is 243 Å². The molecule has 53 heavy (non-hydrogen) atoms. The third-order valence-corrected chi connectivity index (χ3v) is 9.47. The van der Waals surface area contributed by atoms with Crippen molar-refractivity contribution < 1.29 is 52.1 Å². The highest BCUT2D eigenvalue weighted by atomic mass is 31.2. The predicted molar refractivity (Wildman–Crippen MR) is 191 cm³/mol. The molecule has 3 heterocycles. The fourth-order valence-electron chi connectivity index (χ4n) is 5.70. The van der Waals surface area contributed by atoms with E-state index in [1.807, 2.05) is 0 Å². The van der Waals surface area contributed by atoms with E-state index >= 15 is 0 Å². The number of nitrogens with zero attached hydrogens (tertiary/aromatic N) is 4. The van der Waals surface area contributed by atoms with Crippen molar-refractivity contribution in [2.24, 2.45) is 0 Å². The lowest BCUT2D eigenvalue weighted by Crippen LogP contribution is -2.44. The van der Waals surface area contributed by atoms with Gasteiger partial charge in [0.15, 0.2) is 17.7 Å². The molecule has 286 valence electrons. The smallest absolute Gasteiger partial charge is 0.463 e. The second-order valence-corrected chi connectivity index (χ2v) is 14.7. The summed E-state index contributed by atoms with van der Waals surface area (Å²) in [5.41, 5.74) is 11.2. The van der Waals surface area contributed by atoms with Crippen LogP contribution >= 0.6 is 7.82 Å². The molecular weight excluding hydrogens is 711 g/mol. The summed E-state index contributed by atoms with van der Waals surface area (Å²) in [4.78, 5) is 37.0. The molecule has 0 aliphatic carbocycles. The predicted octanol–water partition coefficient (Wildman–Crippen LogP) is 4.05. The fraction of sp³-hybridized carbons (Fsp3) is 0.457. The van der Waals surface area contributed by atoms with Gasteiger partial charge in [-0.3, -0.25) is 18.7 Å². The van der Waals surface area contributed by atoms with E-state index in [1.54, 1.807) is 76.2 Å². The molecule has 2 aromatic carbocycles. The average Bonchev–Trinajstić information content (AvgIpc) is 3.59. The van der Waals surface area contributed by atoms with Gasteiger partial charge in [0.25, 0.3) is 0 Å². The van der Waals surface area contributed by atoms with Crippen LogP contribution in [-0.2, 0) is 45.7 Å². The number of nitrogens with two attached hydrogens (primary N) is 2. The number of imidazole rings is 1. The van der Waals surface area contributed by atoms with Gasteiger partial charge in [-0.1, -0.05) is 36.4 Å². The summed E-state index contributed by atoms with van der Waals surface area (Å²) in [6.07, 6.45) is -3.03. The van der Waals surface area contributed by atoms with Crippen LogP contribution in [0.1, 0.15) is 64.8 Å². The lowest BCUT2D eigenvalue weighted by molar-refractivity contribution is -0.148. The van der Waals surface area contributed by atoms with Crippen molar-refractivity contribution in [2.75, 3.05) is 18.1 Å².